The number of likely N-dealkylation sites (tertiary alicyclic amines) is 1. The number of rotatable bonds is 11. The molecular weight excluding hydrogens is 426 g/mol. The van der Waals surface area contributed by atoms with Crippen molar-refractivity contribution in [3.8, 4) is 11.5 Å². The summed E-state index contributed by atoms with van der Waals surface area (Å²) in [5.74, 6) is -0.571. The van der Waals surface area contributed by atoms with Gasteiger partial charge in [0, 0.05) is 12.1 Å². The fraction of sp³-hybridized carbons (Fsp3) is 0.280. The maximum absolute atomic E-state index is 13.0. The van der Waals surface area contributed by atoms with Crippen LogP contribution < -0.4 is 9.47 Å². The number of benzene rings is 2. The van der Waals surface area contributed by atoms with Crippen molar-refractivity contribution in [1.29, 1.82) is 0 Å². The standard InChI is InChI=1S/C25H27NO7/c1-3-14-33-20-10-6-18(7-11-20)23(28)21-22(17-4-8-19(31-2)9-5-17)26(25(30)24(21)29)12-15-32-16-13-27/h3-11,22,27-28H,1,12-16H2,2H3/b23-21-. The molecule has 1 atom stereocenters. The van der Waals surface area contributed by atoms with Gasteiger partial charge in [-0.3, -0.25) is 9.59 Å². The smallest absolute Gasteiger partial charge is 0.295 e. The molecule has 3 rings (SSSR count). The molecule has 2 aromatic carbocycles. The number of hydrogen-bond acceptors (Lipinski definition) is 7. The van der Waals surface area contributed by atoms with E-state index in [0.717, 1.165) is 0 Å². The van der Waals surface area contributed by atoms with Crippen molar-refractivity contribution in [3.63, 3.8) is 0 Å². The first-order valence-corrected chi connectivity index (χ1v) is 10.5. The fourth-order valence-electron chi connectivity index (χ4n) is 3.59. The number of carbonyl (C=O) groups excluding carboxylic acids is 2. The zero-order valence-electron chi connectivity index (χ0n) is 18.4. The molecule has 1 amide bonds. The summed E-state index contributed by atoms with van der Waals surface area (Å²) in [5, 5.41) is 20.0. The molecule has 0 aromatic heterocycles. The van der Waals surface area contributed by atoms with Crippen LogP contribution in [-0.4, -0.2) is 66.9 Å². The van der Waals surface area contributed by atoms with Gasteiger partial charge in [-0.2, -0.15) is 0 Å². The van der Waals surface area contributed by atoms with Crippen LogP contribution in [0.3, 0.4) is 0 Å². The third-order valence-corrected chi connectivity index (χ3v) is 5.18. The van der Waals surface area contributed by atoms with Crippen molar-refractivity contribution in [1.82, 2.24) is 4.90 Å². The van der Waals surface area contributed by atoms with Gasteiger partial charge < -0.3 is 29.3 Å². The van der Waals surface area contributed by atoms with Gasteiger partial charge in [0.05, 0.1) is 38.5 Å². The summed E-state index contributed by atoms with van der Waals surface area (Å²) < 4.78 is 16.0. The average Bonchev–Trinajstić information content (AvgIpc) is 3.10. The SMILES string of the molecule is C=CCOc1ccc(/C(O)=C2/C(=O)C(=O)N(CCOCCO)C2c2ccc(OC)cc2)cc1. The van der Waals surface area contributed by atoms with E-state index in [1.165, 1.54) is 4.90 Å². The highest BCUT2D eigenvalue weighted by atomic mass is 16.5. The molecule has 1 aliphatic rings. The van der Waals surface area contributed by atoms with Gasteiger partial charge in [0.1, 0.15) is 23.9 Å². The molecule has 1 saturated heterocycles. The minimum Gasteiger partial charge on any atom is -0.507 e. The van der Waals surface area contributed by atoms with Gasteiger partial charge in [0.15, 0.2) is 0 Å². The molecule has 1 heterocycles. The summed E-state index contributed by atoms with van der Waals surface area (Å²) in [6.07, 6.45) is 1.62. The summed E-state index contributed by atoms with van der Waals surface area (Å²) in [6.45, 7) is 4.17. The van der Waals surface area contributed by atoms with Crippen molar-refractivity contribution >= 4 is 17.4 Å². The topological polar surface area (TPSA) is 106 Å². The Morgan fingerprint density at radius 1 is 1.06 bits per heavy atom. The van der Waals surface area contributed by atoms with Gasteiger partial charge in [-0.05, 0) is 42.0 Å². The van der Waals surface area contributed by atoms with Crippen molar-refractivity contribution in [2.75, 3.05) is 40.1 Å². The molecule has 2 N–H and O–H groups in total. The molecule has 174 valence electrons. The van der Waals surface area contributed by atoms with Gasteiger partial charge >= 0.3 is 0 Å². The second kappa shape index (κ2) is 11.3. The van der Waals surface area contributed by atoms with Crippen molar-refractivity contribution in [2.45, 2.75) is 6.04 Å². The summed E-state index contributed by atoms with van der Waals surface area (Å²) >= 11 is 0. The highest BCUT2D eigenvalue weighted by Crippen LogP contribution is 2.39. The number of Topliss-reactive ketones (excluding diaryl/α,β-unsaturated/α-hetero) is 1. The average molecular weight is 453 g/mol. The predicted octanol–water partition coefficient (Wildman–Crippen LogP) is 2.69. The first-order valence-electron chi connectivity index (χ1n) is 10.5. The third kappa shape index (κ3) is 5.42. The Morgan fingerprint density at radius 2 is 1.73 bits per heavy atom. The molecule has 0 bridgehead atoms. The van der Waals surface area contributed by atoms with Gasteiger partial charge in [-0.25, -0.2) is 0 Å². The van der Waals surface area contributed by atoms with E-state index >= 15 is 0 Å². The Labute approximate surface area is 192 Å². The van der Waals surface area contributed by atoms with Crippen molar-refractivity contribution in [3.05, 3.63) is 77.9 Å². The fourth-order valence-corrected chi connectivity index (χ4v) is 3.59. The maximum Gasteiger partial charge on any atom is 0.295 e. The van der Waals surface area contributed by atoms with E-state index in [9.17, 15) is 14.7 Å². The number of nitrogens with zero attached hydrogens (tertiary/aromatic N) is 1. The van der Waals surface area contributed by atoms with Gasteiger partial charge in [-0.15, -0.1) is 0 Å². The Hall–Kier alpha value is -3.62. The van der Waals surface area contributed by atoms with E-state index < -0.39 is 17.7 Å². The highest BCUT2D eigenvalue weighted by Gasteiger charge is 2.45. The zero-order chi connectivity index (χ0) is 23.8. The van der Waals surface area contributed by atoms with E-state index in [4.69, 9.17) is 19.3 Å². The first-order chi connectivity index (χ1) is 16.0. The number of ether oxygens (including phenoxy) is 3. The van der Waals surface area contributed by atoms with Crippen LogP contribution in [0.1, 0.15) is 17.2 Å². The predicted molar refractivity (Wildman–Crippen MR) is 122 cm³/mol. The Bertz CT molecular complexity index is 1010. The lowest BCUT2D eigenvalue weighted by atomic mass is 9.95. The van der Waals surface area contributed by atoms with Crippen LogP contribution in [0.5, 0.6) is 11.5 Å². The van der Waals surface area contributed by atoms with Crippen LogP contribution in [0, 0.1) is 0 Å². The number of hydrogen-bond donors (Lipinski definition) is 2. The number of aliphatic hydroxyl groups excluding tert-OH is 2. The van der Waals surface area contributed by atoms with Crippen LogP contribution in [0.4, 0.5) is 0 Å². The zero-order valence-corrected chi connectivity index (χ0v) is 18.4. The number of amides is 1. The van der Waals surface area contributed by atoms with E-state index in [2.05, 4.69) is 6.58 Å². The van der Waals surface area contributed by atoms with Crippen LogP contribution in [-0.2, 0) is 14.3 Å². The Balaban J connectivity index is 2.00. The first kappa shape index (κ1) is 24.0. The summed E-state index contributed by atoms with van der Waals surface area (Å²) in [4.78, 5) is 27.2. The van der Waals surface area contributed by atoms with Crippen LogP contribution in [0.25, 0.3) is 5.76 Å². The summed E-state index contributed by atoms with van der Waals surface area (Å²) in [7, 11) is 1.54. The molecule has 0 radical (unpaired) electrons. The number of ketones is 1. The quantitative estimate of drug-likeness (QED) is 0.177. The molecular formula is C25H27NO7. The summed E-state index contributed by atoms with van der Waals surface area (Å²) in [5.41, 5.74) is 1.02. The molecule has 0 saturated carbocycles. The number of methoxy groups -OCH3 is 1. The molecule has 1 aliphatic heterocycles. The molecule has 8 nitrogen and oxygen atoms in total. The van der Waals surface area contributed by atoms with Crippen molar-refractivity contribution in [2.24, 2.45) is 0 Å². The van der Waals surface area contributed by atoms with E-state index in [0.29, 0.717) is 29.2 Å². The minimum atomic E-state index is -0.801. The lowest BCUT2D eigenvalue weighted by molar-refractivity contribution is -0.140. The molecule has 33 heavy (non-hydrogen) atoms. The second-order valence-corrected chi connectivity index (χ2v) is 7.23. The molecule has 0 aliphatic carbocycles. The van der Waals surface area contributed by atoms with Crippen molar-refractivity contribution < 1.29 is 34.0 Å². The molecule has 0 spiro atoms. The molecule has 1 fully saturated rings. The molecule has 2 aromatic rings. The maximum atomic E-state index is 13.0. The highest BCUT2D eigenvalue weighted by molar-refractivity contribution is 6.46. The Morgan fingerprint density at radius 3 is 2.33 bits per heavy atom. The normalized spacial score (nSPS) is 17.3. The molecule has 1 unspecified atom stereocenters. The second-order valence-electron chi connectivity index (χ2n) is 7.23. The van der Waals surface area contributed by atoms with Crippen LogP contribution in [0.2, 0.25) is 0 Å². The van der Waals surface area contributed by atoms with Gasteiger partial charge in [0.2, 0.25) is 0 Å². The minimum absolute atomic E-state index is 0.00733. The van der Waals surface area contributed by atoms with Crippen LogP contribution in [0.15, 0.2) is 66.8 Å². The van der Waals surface area contributed by atoms with E-state index in [1.807, 2.05) is 0 Å². The molecule has 8 heteroatoms. The van der Waals surface area contributed by atoms with E-state index in [-0.39, 0.29) is 37.7 Å². The summed E-state index contributed by atoms with van der Waals surface area (Å²) in [6, 6.07) is 12.7. The van der Waals surface area contributed by atoms with Gasteiger partial charge in [0.25, 0.3) is 11.7 Å². The number of aliphatic hydroxyl groups is 2. The lowest BCUT2D eigenvalue weighted by Crippen LogP contribution is -2.33. The monoisotopic (exact) mass is 453 g/mol. The van der Waals surface area contributed by atoms with Gasteiger partial charge in [-0.1, -0.05) is 24.8 Å². The Kier molecular flexibility index (Phi) is 8.23. The third-order valence-electron chi connectivity index (χ3n) is 5.18. The number of carbonyl (C=O) groups is 2. The van der Waals surface area contributed by atoms with Crippen LogP contribution >= 0.6 is 0 Å². The lowest BCUT2D eigenvalue weighted by Gasteiger charge is -2.25. The largest absolute Gasteiger partial charge is 0.507 e. The van der Waals surface area contributed by atoms with E-state index in [1.54, 1.807) is 61.7 Å².